The van der Waals surface area contributed by atoms with Gasteiger partial charge in [-0.1, -0.05) is 6.07 Å². The van der Waals surface area contributed by atoms with Gasteiger partial charge in [-0.25, -0.2) is 4.39 Å². The molecule has 0 aliphatic carbocycles. The lowest BCUT2D eigenvalue weighted by Gasteiger charge is -2.23. The Morgan fingerprint density at radius 1 is 1.21 bits per heavy atom. The molecule has 2 heterocycles. The van der Waals surface area contributed by atoms with Crippen LogP contribution < -0.4 is 14.8 Å². The van der Waals surface area contributed by atoms with Crippen molar-refractivity contribution < 1.29 is 13.9 Å². The first-order valence-electron chi connectivity index (χ1n) is 7.12. The van der Waals surface area contributed by atoms with Crippen LogP contribution in [-0.2, 0) is 6.42 Å². The summed E-state index contributed by atoms with van der Waals surface area (Å²) in [5, 5.41) is 3.37. The molecule has 4 heteroatoms. The summed E-state index contributed by atoms with van der Waals surface area (Å²) in [5.74, 6) is 1.14. The molecular formula is C15H20FNO2. The minimum absolute atomic E-state index is 0.232. The molecular weight excluding hydrogens is 245 g/mol. The number of piperidine rings is 1. The second-order valence-corrected chi connectivity index (χ2v) is 5.33. The molecule has 19 heavy (non-hydrogen) atoms. The van der Waals surface area contributed by atoms with Crippen LogP contribution in [0.2, 0.25) is 0 Å². The van der Waals surface area contributed by atoms with Gasteiger partial charge in [0.05, 0.1) is 13.2 Å². The Kier molecular flexibility index (Phi) is 3.87. The van der Waals surface area contributed by atoms with Crippen LogP contribution in [0.3, 0.4) is 0 Å². The first-order chi connectivity index (χ1) is 9.34. The third-order valence-electron chi connectivity index (χ3n) is 3.84. The van der Waals surface area contributed by atoms with E-state index in [9.17, 15) is 4.39 Å². The van der Waals surface area contributed by atoms with Gasteiger partial charge in [-0.2, -0.15) is 0 Å². The summed E-state index contributed by atoms with van der Waals surface area (Å²) in [4.78, 5) is 0. The largest absolute Gasteiger partial charge is 0.489 e. The Hall–Kier alpha value is -1.29. The maximum atomic E-state index is 14.5. The lowest BCUT2D eigenvalue weighted by atomic mass is 9.92. The van der Waals surface area contributed by atoms with Gasteiger partial charge in [0.15, 0.2) is 17.3 Å². The molecule has 1 fully saturated rings. The molecule has 0 spiro atoms. The highest BCUT2D eigenvalue weighted by molar-refractivity contribution is 5.45. The van der Waals surface area contributed by atoms with E-state index in [0.717, 1.165) is 31.5 Å². The van der Waals surface area contributed by atoms with Gasteiger partial charge in [0, 0.05) is 6.42 Å². The third kappa shape index (κ3) is 2.84. The average Bonchev–Trinajstić information content (AvgIpc) is 2.69. The monoisotopic (exact) mass is 265 g/mol. The van der Waals surface area contributed by atoms with Gasteiger partial charge in [0.1, 0.15) is 0 Å². The fourth-order valence-electron chi connectivity index (χ4n) is 2.81. The second kappa shape index (κ2) is 5.78. The van der Waals surface area contributed by atoms with Crippen LogP contribution >= 0.6 is 0 Å². The van der Waals surface area contributed by atoms with Gasteiger partial charge in [-0.05, 0) is 49.9 Å². The van der Waals surface area contributed by atoms with Gasteiger partial charge in [-0.3, -0.25) is 0 Å². The minimum atomic E-state index is -0.232. The number of nitrogens with one attached hydrogen (secondary N) is 1. The molecule has 0 amide bonds. The predicted octanol–water partition coefficient (Wildman–Crippen LogP) is 2.53. The van der Waals surface area contributed by atoms with Crippen molar-refractivity contribution in [2.45, 2.75) is 25.7 Å². The SMILES string of the molecule is Fc1c(CC2CCCNC2)ccc2c1OCCCO2. The maximum absolute atomic E-state index is 14.5. The van der Waals surface area contributed by atoms with Crippen LogP contribution in [0.5, 0.6) is 11.5 Å². The molecule has 104 valence electrons. The van der Waals surface area contributed by atoms with Crippen LogP contribution in [0.4, 0.5) is 4.39 Å². The van der Waals surface area contributed by atoms with Crippen LogP contribution in [0, 0.1) is 11.7 Å². The van der Waals surface area contributed by atoms with Crippen molar-refractivity contribution in [1.82, 2.24) is 5.32 Å². The summed E-state index contributed by atoms with van der Waals surface area (Å²) in [7, 11) is 0. The van der Waals surface area contributed by atoms with Crippen LogP contribution in [0.15, 0.2) is 12.1 Å². The van der Waals surface area contributed by atoms with E-state index >= 15 is 0 Å². The number of hydrogen-bond acceptors (Lipinski definition) is 3. The molecule has 1 unspecified atom stereocenters. The molecule has 2 aliphatic rings. The van der Waals surface area contributed by atoms with Crippen LogP contribution in [0.1, 0.15) is 24.8 Å². The van der Waals surface area contributed by atoms with Gasteiger partial charge in [0.25, 0.3) is 0 Å². The molecule has 0 aromatic heterocycles. The van der Waals surface area contributed by atoms with E-state index in [-0.39, 0.29) is 5.82 Å². The van der Waals surface area contributed by atoms with E-state index < -0.39 is 0 Å². The molecule has 3 rings (SSSR count). The van der Waals surface area contributed by atoms with Gasteiger partial charge < -0.3 is 14.8 Å². The summed E-state index contributed by atoms with van der Waals surface area (Å²) >= 11 is 0. The van der Waals surface area contributed by atoms with Crippen molar-refractivity contribution in [3.05, 3.63) is 23.5 Å². The molecule has 1 aromatic rings. The van der Waals surface area contributed by atoms with Gasteiger partial charge in [0.2, 0.25) is 0 Å². The highest BCUT2D eigenvalue weighted by atomic mass is 19.1. The molecule has 0 radical (unpaired) electrons. The lowest BCUT2D eigenvalue weighted by Crippen LogP contribution is -2.31. The van der Waals surface area contributed by atoms with Crippen LogP contribution in [0.25, 0.3) is 0 Å². The van der Waals surface area contributed by atoms with Crippen molar-refractivity contribution in [3.8, 4) is 11.5 Å². The zero-order valence-corrected chi connectivity index (χ0v) is 11.1. The van der Waals surface area contributed by atoms with Crippen molar-refractivity contribution >= 4 is 0 Å². The number of rotatable bonds is 2. The van der Waals surface area contributed by atoms with Crippen LogP contribution in [-0.4, -0.2) is 26.3 Å². The fraction of sp³-hybridized carbons (Fsp3) is 0.600. The maximum Gasteiger partial charge on any atom is 0.197 e. The highest BCUT2D eigenvalue weighted by Crippen LogP contribution is 2.35. The summed E-state index contributed by atoms with van der Waals surface area (Å²) in [6, 6.07) is 3.69. The molecule has 1 aromatic carbocycles. The normalized spacial score (nSPS) is 22.9. The summed E-state index contributed by atoms with van der Waals surface area (Å²) in [6.45, 7) is 3.19. The summed E-state index contributed by atoms with van der Waals surface area (Å²) in [6.07, 6.45) is 3.92. The van der Waals surface area contributed by atoms with E-state index in [1.807, 2.05) is 12.1 Å². The van der Waals surface area contributed by atoms with Gasteiger partial charge >= 0.3 is 0 Å². The Balaban J connectivity index is 1.80. The van der Waals surface area contributed by atoms with Gasteiger partial charge in [-0.15, -0.1) is 0 Å². The fourth-order valence-corrected chi connectivity index (χ4v) is 2.81. The molecule has 3 nitrogen and oxygen atoms in total. The van der Waals surface area contributed by atoms with E-state index in [2.05, 4.69) is 5.32 Å². The molecule has 0 saturated carbocycles. The summed E-state index contributed by atoms with van der Waals surface area (Å²) < 4.78 is 25.5. The Labute approximate surface area is 113 Å². The van der Waals surface area contributed by atoms with Crippen molar-refractivity contribution in [1.29, 1.82) is 0 Å². The minimum Gasteiger partial charge on any atom is -0.489 e. The molecule has 0 bridgehead atoms. The average molecular weight is 265 g/mol. The third-order valence-corrected chi connectivity index (χ3v) is 3.84. The Morgan fingerprint density at radius 3 is 2.95 bits per heavy atom. The number of fused-ring (bicyclic) bond motifs is 1. The number of hydrogen-bond donors (Lipinski definition) is 1. The van der Waals surface area contributed by atoms with Crippen molar-refractivity contribution in [2.75, 3.05) is 26.3 Å². The van der Waals surface area contributed by atoms with E-state index in [1.54, 1.807) is 0 Å². The first-order valence-corrected chi connectivity index (χ1v) is 7.12. The predicted molar refractivity (Wildman–Crippen MR) is 71.3 cm³/mol. The van der Waals surface area contributed by atoms with E-state index in [1.165, 1.54) is 12.8 Å². The summed E-state index contributed by atoms with van der Waals surface area (Å²) in [5.41, 5.74) is 0.748. The highest BCUT2D eigenvalue weighted by Gasteiger charge is 2.21. The second-order valence-electron chi connectivity index (χ2n) is 5.33. The number of halogens is 1. The quantitative estimate of drug-likeness (QED) is 0.891. The topological polar surface area (TPSA) is 30.5 Å². The lowest BCUT2D eigenvalue weighted by molar-refractivity contribution is 0.291. The molecule has 2 aliphatic heterocycles. The zero-order chi connectivity index (χ0) is 13.1. The standard InChI is InChI=1S/C15H20FNO2/c16-14-12(9-11-3-1-6-17-10-11)4-5-13-15(14)19-8-2-7-18-13/h4-5,11,17H,1-3,6-10H2. The number of benzene rings is 1. The number of ether oxygens (including phenoxy) is 2. The first kappa shape index (κ1) is 12.7. The van der Waals surface area contributed by atoms with E-state index in [4.69, 9.17) is 9.47 Å². The zero-order valence-electron chi connectivity index (χ0n) is 11.1. The van der Waals surface area contributed by atoms with Crippen molar-refractivity contribution in [3.63, 3.8) is 0 Å². The molecule has 1 atom stereocenters. The Bertz CT molecular complexity index is 444. The smallest absolute Gasteiger partial charge is 0.197 e. The Morgan fingerprint density at radius 2 is 2.11 bits per heavy atom. The molecule has 1 saturated heterocycles. The van der Waals surface area contributed by atoms with E-state index in [0.29, 0.717) is 30.6 Å². The molecule has 1 N–H and O–H groups in total. The van der Waals surface area contributed by atoms with Crippen molar-refractivity contribution in [2.24, 2.45) is 5.92 Å².